The topological polar surface area (TPSA) is 67.2 Å². The largest absolute Gasteiger partial charge is 0.391 e. The number of nitrogens with one attached hydrogen (secondary N) is 2. The average molecular weight is 291 g/mol. The molecule has 1 aromatic rings. The standard InChI is InChI=1S/C15H21N3OS/c1-11-6-5-7-12(10-11)17-14(19)18-15(13(16)20)8-3-2-4-9-15/h5-7,10H,2-4,8-9H2,1H3,(H2,16,20)(H2,17,18,19). The molecule has 5 heteroatoms. The van der Waals surface area contributed by atoms with Gasteiger partial charge in [0.05, 0.1) is 10.5 Å². The van der Waals surface area contributed by atoms with Gasteiger partial charge in [0.15, 0.2) is 0 Å². The number of rotatable bonds is 3. The van der Waals surface area contributed by atoms with Crippen LogP contribution in [-0.2, 0) is 0 Å². The lowest BCUT2D eigenvalue weighted by molar-refractivity contribution is 0.236. The van der Waals surface area contributed by atoms with Gasteiger partial charge in [0.1, 0.15) is 0 Å². The first-order chi connectivity index (χ1) is 9.52. The zero-order chi connectivity index (χ0) is 14.6. The zero-order valence-corrected chi connectivity index (χ0v) is 12.6. The Morgan fingerprint density at radius 1 is 1.30 bits per heavy atom. The Balaban J connectivity index is 2.03. The molecule has 0 radical (unpaired) electrons. The molecule has 0 spiro atoms. The fourth-order valence-corrected chi connectivity index (χ4v) is 2.95. The number of thiocarbonyl (C=S) groups is 1. The van der Waals surface area contributed by atoms with Crippen LogP contribution in [0.25, 0.3) is 0 Å². The minimum absolute atomic E-state index is 0.245. The number of carbonyl (C=O) groups is 1. The van der Waals surface area contributed by atoms with Crippen molar-refractivity contribution < 1.29 is 4.79 Å². The summed E-state index contributed by atoms with van der Waals surface area (Å²) >= 11 is 5.17. The van der Waals surface area contributed by atoms with Crippen LogP contribution in [-0.4, -0.2) is 16.6 Å². The highest BCUT2D eigenvalue weighted by atomic mass is 32.1. The Hall–Kier alpha value is -1.62. The van der Waals surface area contributed by atoms with Crippen LogP contribution in [0.15, 0.2) is 24.3 Å². The lowest BCUT2D eigenvalue weighted by atomic mass is 9.81. The van der Waals surface area contributed by atoms with Gasteiger partial charge in [-0.15, -0.1) is 0 Å². The molecule has 2 amide bonds. The summed E-state index contributed by atoms with van der Waals surface area (Å²) < 4.78 is 0. The fraction of sp³-hybridized carbons (Fsp3) is 0.467. The van der Waals surface area contributed by atoms with Crippen molar-refractivity contribution in [3.63, 3.8) is 0 Å². The number of hydrogen-bond acceptors (Lipinski definition) is 2. The third-order valence-corrected chi connectivity index (χ3v) is 4.20. The van der Waals surface area contributed by atoms with Gasteiger partial charge in [0.25, 0.3) is 0 Å². The summed E-state index contributed by atoms with van der Waals surface area (Å²) in [7, 11) is 0. The van der Waals surface area contributed by atoms with Crippen molar-refractivity contribution >= 4 is 28.9 Å². The highest BCUT2D eigenvalue weighted by Crippen LogP contribution is 2.28. The number of nitrogens with two attached hydrogens (primary N) is 1. The lowest BCUT2D eigenvalue weighted by Gasteiger charge is -2.37. The Morgan fingerprint density at radius 2 is 2.00 bits per heavy atom. The van der Waals surface area contributed by atoms with E-state index in [9.17, 15) is 4.79 Å². The van der Waals surface area contributed by atoms with E-state index in [0.29, 0.717) is 4.99 Å². The van der Waals surface area contributed by atoms with Gasteiger partial charge >= 0.3 is 6.03 Å². The van der Waals surface area contributed by atoms with Gasteiger partial charge in [0, 0.05) is 5.69 Å². The van der Waals surface area contributed by atoms with E-state index in [1.165, 1.54) is 6.42 Å². The molecule has 1 saturated carbocycles. The molecule has 4 nitrogen and oxygen atoms in total. The van der Waals surface area contributed by atoms with Gasteiger partial charge in [0.2, 0.25) is 0 Å². The Bertz CT molecular complexity index is 510. The molecular weight excluding hydrogens is 270 g/mol. The molecule has 2 rings (SSSR count). The van der Waals surface area contributed by atoms with Crippen LogP contribution in [0.3, 0.4) is 0 Å². The first-order valence-electron chi connectivity index (χ1n) is 6.98. The summed E-state index contributed by atoms with van der Waals surface area (Å²) in [5.41, 5.74) is 7.21. The summed E-state index contributed by atoms with van der Waals surface area (Å²) in [4.78, 5) is 12.5. The van der Waals surface area contributed by atoms with E-state index < -0.39 is 5.54 Å². The zero-order valence-electron chi connectivity index (χ0n) is 11.7. The van der Waals surface area contributed by atoms with Crippen LogP contribution in [0.2, 0.25) is 0 Å². The maximum Gasteiger partial charge on any atom is 0.320 e. The van der Waals surface area contributed by atoms with Crippen LogP contribution < -0.4 is 16.4 Å². The minimum atomic E-state index is -0.526. The van der Waals surface area contributed by atoms with Crippen LogP contribution in [0.4, 0.5) is 10.5 Å². The molecule has 1 aliphatic carbocycles. The Kier molecular flexibility index (Phi) is 4.60. The Labute approximate surface area is 125 Å². The number of amides is 2. The minimum Gasteiger partial charge on any atom is -0.391 e. The van der Waals surface area contributed by atoms with Gasteiger partial charge < -0.3 is 16.4 Å². The van der Waals surface area contributed by atoms with E-state index in [4.69, 9.17) is 18.0 Å². The van der Waals surface area contributed by atoms with Crippen molar-refractivity contribution in [2.24, 2.45) is 5.73 Å². The molecule has 0 bridgehead atoms. The second kappa shape index (κ2) is 6.22. The van der Waals surface area contributed by atoms with Gasteiger partial charge in [-0.05, 0) is 37.5 Å². The highest BCUT2D eigenvalue weighted by Gasteiger charge is 2.36. The predicted octanol–water partition coefficient (Wildman–Crippen LogP) is 3.11. The van der Waals surface area contributed by atoms with E-state index in [-0.39, 0.29) is 6.03 Å². The normalized spacial score (nSPS) is 17.2. The van der Waals surface area contributed by atoms with Gasteiger partial charge in [-0.2, -0.15) is 0 Å². The molecule has 1 fully saturated rings. The predicted molar refractivity (Wildman–Crippen MR) is 85.9 cm³/mol. The first kappa shape index (κ1) is 14.8. The second-order valence-corrected chi connectivity index (χ2v) is 5.90. The maximum absolute atomic E-state index is 12.2. The van der Waals surface area contributed by atoms with Gasteiger partial charge in [-0.25, -0.2) is 4.79 Å². The number of carbonyl (C=O) groups excluding carboxylic acids is 1. The van der Waals surface area contributed by atoms with Crippen LogP contribution in [0, 0.1) is 6.92 Å². The quantitative estimate of drug-likeness (QED) is 0.750. The molecule has 0 unspecified atom stereocenters. The van der Waals surface area contributed by atoms with Crippen LogP contribution >= 0.6 is 12.2 Å². The molecular formula is C15H21N3OS. The molecule has 0 aromatic heterocycles. The SMILES string of the molecule is Cc1cccc(NC(=O)NC2(C(N)=S)CCCCC2)c1. The number of aryl methyl sites for hydroxylation is 1. The molecule has 108 valence electrons. The van der Waals surface area contributed by atoms with Crippen molar-refractivity contribution in [3.05, 3.63) is 29.8 Å². The molecule has 0 aliphatic heterocycles. The monoisotopic (exact) mass is 291 g/mol. The first-order valence-corrected chi connectivity index (χ1v) is 7.38. The van der Waals surface area contributed by atoms with E-state index in [1.807, 2.05) is 31.2 Å². The summed E-state index contributed by atoms with van der Waals surface area (Å²) in [6.07, 6.45) is 4.91. The van der Waals surface area contributed by atoms with Crippen molar-refractivity contribution in [1.82, 2.24) is 5.32 Å². The summed E-state index contributed by atoms with van der Waals surface area (Å²) in [6, 6.07) is 7.44. The average Bonchev–Trinajstić information content (AvgIpc) is 2.39. The molecule has 1 aromatic carbocycles. The Morgan fingerprint density at radius 3 is 2.60 bits per heavy atom. The molecule has 4 N–H and O–H groups in total. The van der Waals surface area contributed by atoms with Gasteiger partial charge in [-0.1, -0.05) is 43.6 Å². The van der Waals surface area contributed by atoms with Crippen LogP contribution in [0.5, 0.6) is 0 Å². The van der Waals surface area contributed by atoms with E-state index >= 15 is 0 Å². The lowest BCUT2D eigenvalue weighted by Crippen LogP contribution is -2.58. The van der Waals surface area contributed by atoms with Crippen molar-refractivity contribution in [3.8, 4) is 0 Å². The molecule has 20 heavy (non-hydrogen) atoms. The summed E-state index contributed by atoms with van der Waals surface area (Å²) in [5, 5.41) is 5.83. The number of benzene rings is 1. The molecule has 0 atom stereocenters. The van der Waals surface area contributed by atoms with Crippen molar-refractivity contribution in [2.75, 3.05) is 5.32 Å². The van der Waals surface area contributed by atoms with E-state index in [2.05, 4.69) is 10.6 Å². The third kappa shape index (κ3) is 3.48. The molecule has 1 aliphatic rings. The summed E-state index contributed by atoms with van der Waals surface area (Å²) in [6.45, 7) is 1.99. The van der Waals surface area contributed by atoms with E-state index in [1.54, 1.807) is 0 Å². The van der Waals surface area contributed by atoms with Gasteiger partial charge in [-0.3, -0.25) is 0 Å². The molecule has 0 heterocycles. The number of urea groups is 1. The smallest absolute Gasteiger partial charge is 0.320 e. The maximum atomic E-state index is 12.2. The van der Waals surface area contributed by atoms with Crippen molar-refractivity contribution in [2.45, 2.75) is 44.6 Å². The summed E-state index contributed by atoms with van der Waals surface area (Å²) in [5.74, 6) is 0. The number of hydrogen-bond donors (Lipinski definition) is 3. The van der Waals surface area contributed by atoms with Crippen molar-refractivity contribution in [1.29, 1.82) is 0 Å². The molecule has 0 saturated heterocycles. The van der Waals surface area contributed by atoms with Crippen LogP contribution in [0.1, 0.15) is 37.7 Å². The number of anilines is 1. The third-order valence-electron chi connectivity index (χ3n) is 3.81. The second-order valence-electron chi connectivity index (χ2n) is 5.46. The highest BCUT2D eigenvalue weighted by molar-refractivity contribution is 7.80. The van der Waals surface area contributed by atoms with E-state index in [0.717, 1.165) is 36.9 Å². The fourth-order valence-electron chi connectivity index (χ4n) is 2.69.